The number of fused-ring (bicyclic) bond motifs is 1. The lowest BCUT2D eigenvalue weighted by Crippen LogP contribution is -2.13. The summed E-state index contributed by atoms with van der Waals surface area (Å²) in [5, 5.41) is 0. The summed E-state index contributed by atoms with van der Waals surface area (Å²) in [6.45, 7) is 0. The molecule has 3 rings (SSSR count). The second-order valence-electron chi connectivity index (χ2n) is 4.70. The average molecular weight is 349 g/mol. The number of hydrogen-bond acceptors (Lipinski definition) is 3. The first-order valence-electron chi connectivity index (χ1n) is 6.40. The molecule has 1 aliphatic rings. The Balaban J connectivity index is 2.04. The molecule has 0 saturated heterocycles. The summed E-state index contributed by atoms with van der Waals surface area (Å²) < 4.78 is 6.77. The van der Waals surface area contributed by atoms with E-state index in [1.165, 1.54) is 5.56 Å². The molecule has 1 aromatic carbocycles. The molecule has 0 bridgehead atoms. The van der Waals surface area contributed by atoms with E-state index in [0.29, 0.717) is 22.2 Å². The van der Waals surface area contributed by atoms with Gasteiger partial charge in [-0.25, -0.2) is 4.98 Å². The number of benzene rings is 1. The summed E-state index contributed by atoms with van der Waals surface area (Å²) in [5.74, 6) is 1.19. The molecule has 2 aromatic rings. The Bertz CT molecular complexity index is 688. The summed E-state index contributed by atoms with van der Waals surface area (Å²) >= 11 is 8.58. The number of rotatable bonds is 3. The molecule has 0 spiro atoms. The number of nitrogens with zero attached hydrogens (tertiary/aromatic N) is 1. The van der Waals surface area contributed by atoms with Gasteiger partial charge in [-0.15, -0.1) is 0 Å². The van der Waals surface area contributed by atoms with Crippen molar-refractivity contribution in [2.24, 2.45) is 5.73 Å². The predicted octanol–water partition coefficient (Wildman–Crippen LogP) is 3.76. The number of halogens is 1. The number of hydrogen-bond donors (Lipinski definition) is 1. The lowest BCUT2D eigenvalue weighted by atomic mass is 10.1. The smallest absolute Gasteiger partial charge is 0.229 e. The Morgan fingerprint density at radius 3 is 2.85 bits per heavy atom. The molecule has 0 unspecified atom stereocenters. The summed E-state index contributed by atoms with van der Waals surface area (Å²) in [6.07, 6.45) is 3.14. The largest absolute Gasteiger partial charge is 0.437 e. The Morgan fingerprint density at radius 1 is 1.30 bits per heavy atom. The lowest BCUT2D eigenvalue weighted by molar-refractivity contribution is 0.457. The monoisotopic (exact) mass is 348 g/mol. The van der Waals surface area contributed by atoms with Gasteiger partial charge < -0.3 is 10.5 Å². The quantitative estimate of drug-likeness (QED) is 0.858. The van der Waals surface area contributed by atoms with E-state index in [-0.39, 0.29) is 0 Å². The van der Waals surface area contributed by atoms with Crippen LogP contribution >= 0.6 is 28.1 Å². The molecule has 0 saturated carbocycles. The van der Waals surface area contributed by atoms with Crippen LogP contribution in [0.2, 0.25) is 0 Å². The maximum absolute atomic E-state index is 5.90. The van der Waals surface area contributed by atoms with Crippen molar-refractivity contribution in [1.82, 2.24) is 4.98 Å². The van der Waals surface area contributed by atoms with Gasteiger partial charge in [-0.1, -0.05) is 24.4 Å². The highest BCUT2D eigenvalue weighted by Crippen LogP contribution is 2.32. The first kappa shape index (κ1) is 13.5. The minimum atomic E-state index is 0.314. The molecule has 1 aliphatic carbocycles. The molecule has 102 valence electrons. The highest BCUT2D eigenvalue weighted by Gasteiger charge is 2.19. The van der Waals surface area contributed by atoms with Crippen LogP contribution < -0.4 is 10.5 Å². The highest BCUT2D eigenvalue weighted by molar-refractivity contribution is 9.10. The van der Waals surface area contributed by atoms with Gasteiger partial charge in [0, 0.05) is 5.69 Å². The van der Waals surface area contributed by atoms with Gasteiger partial charge in [0.25, 0.3) is 0 Å². The molecule has 0 atom stereocenters. The fraction of sp³-hybridized carbons (Fsp3) is 0.200. The van der Waals surface area contributed by atoms with E-state index >= 15 is 0 Å². The number of thiocarbonyl (C=S) groups is 1. The van der Waals surface area contributed by atoms with E-state index in [9.17, 15) is 0 Å². The van der Waals surface area contributed by atoms with Crippen molar-refractivity contribution in [3.63, 3.8) is 0 Å². The van der Waals surface area contributed by atoms with Gasteiger partial charge in [0.1, 0.15) is 10.7 Å². The van der Waals surface area contributed by atoms with Crippen LogP contribution in [0.5, 0.6) is 11.6 Å². The minimum Gasteiger partial charge on any atom is -0.437 e. The second-order valence-corrected chi connectivity index (χ2v) is 5.99. The van der Waals surface area contributed by atoms with Crippen molar-refractivity contribution in [1.29, 1.82) is 0 Å². The first-order chi connectivity index (χ1) is 9.65. The van der Waals surface area contributed by atoms with E-state index in [4.69, 9.17) is 22.7 Å². The van der Waals surface area contributed by atoms with Crippen LogP contribution in [-0.4, -0.2) is 9.97 Å². The van der Waals surface area contributed by atoms with E-state index in [2.05, 4.69) is 20.9 Å². The van der Waals surface area contributed by atoms with Gasteiger partial charge in [-0.3, -0.25) is 0 Å². The van der Waals surface area contributed by atoms with Crippen molar-refractivity contribution < 1.29 is 4.74 Å². The van der Waals surface area contributed by atoms with E-state index in [0.717, 1.165) is 29.4 Å². The van der Waals surface area contributed by atoms with Crippen LogP contribution in [0.25, 0.3) is 0 Å². The third kappa shape index (κ3) is 2.55. The standard InChI is InChI=1S/C15H13BrN2OS/c16-11-5-1-2-7-13(11)19-15-10(14(17)20)8-9-4-3-6-12(9)18-15/h1-2,5,7-8H,3-4,6H2,(H2,17,20). The maximum Gasteiger partial charge on any atom is 0.229 e. The first-order valence-corrected chi connectivity index (χ1v) is 7.60. The molecule has 3 nitrogen and oxygen atoms in total. The van der Waals surface area contributed by atoms with Crippen molar-refractivity contribution in [2.45, 2.75) is 19.3 Å². The van der Waals surface area contributed by atoms with Gasteiger partial charge in [0.05, 0.1) is 10.0 Å². The number of pyridine rings is 1. The summed E-state index contributed by atoms with van der Waals surface area (Å²) in [4.78, 5) is 4.91. The van der Waals surface area contributed by atoms with Crippen molar-refractivity contribution >= 4 is 33.1 Å². The van der Waals surface area contributed by atoms with Gasteiger partial charge in [0.15, 0.2) is 0 Å². The SMILES string of the molecule is NC(=S)c1cc2c(nc1Oc1ccccc1Br)CCC2. The summed E-state index contributed by atoms with van der Waals surface area (Å²) in [5.41, 5.74) is 8.82. The van der Waals surface area contributed by atoms with E-state index in [1.807, 2.05) is 30.3 Å². The van der Waals surface area contributed by atoms with Crippen LogP contribution in [-0.2, 0) is 12.8 Å². The molecule has 5 heteroatoms. The Hall–Kier alpha value is -1.46. The van der Waals surface area contributed by atoms with Crippen LogP contribution in [0.3, 0.4) is 0 Å². The molecule has 0 radical (unpaired) electrons. The predicted molar refractivity (Wildman–Crippen MR) is 86.4 cm³/mol. The van der Waals surface area contributed by atoms with E-state index in [1.54, 1.807) is 0 Å². The number of nitrogens with two attached hydrogens (primary N) is 1. The molecular formula is C15H13BrN2OS. The van der Waals surface area contributed by atoms with Crippen molar-refractivity contribution in [2.75, 3.05) is 0 Å². The zero-order valence-electron chi connectivity index (χ0n) is 10.7. The molecule has 0 amide bonds. The topological polar surface area (TPSA) is 48.1 Å². The van der Waals surface area contributed by atoms with Gasteiger partial charge in [-0.2, -0.15) is 0 Å². The molecule has 0 fully saturated rings. The van der Waals surface area contributed by atoms with Gasteiger partial charge in [-0.05, 0) is 59.0 Å². The van der Waals surface area contributed by atoms with Crippen molar-refractivity contribution in [3.8, 4) is 11.6 Å². The fourth-order valence-corrected chi connectivity index (χ4v) is 2.85. The number of aryl methyl sites for hydroxylation is 2. The minimum absolute atomic E-state index is 0.314. The molecule has 2 N–H and O–H groups in total. The van der Waals surface area contributed by atoms with Crippen LogP contribution in [0.15, 0.2) is 34.8 Å². The summed E-state index contributed by atoms with van der Waals surface area (Å²) in [6, 6.07) is 9.66. The third-order valence-corrected chi connectivity index (χ3v) is 4.20. The average Bonchev–Trinajstić information content (AvgIpc) is 2.87. The zero-order chi connectivity index (χ0) is 14.1. The maximum atomic E-state index is 5.90. The van der Waals surface area contributed by atoms with Crippen molar-refractivity contribution in [3.05, 3.63) is 51.6 Å². The van der Waals surface area contributed by atoms with Crippen LogP contribution in [0.4, 0.5) is 0 Å². The molecule has 0 aliphatic heterocycles. The molecule has 1 heterocycles. The third-order valence-electron chi connectivity index (χ3n) is 3.32. The Labute approximate surface area is 131 Å². The number of aromatic nitrogens is 1. The Kier molecular flexibility index (Phi) is 3.72. The Morgan fingerprint density at radius 2 is 2.10 bits per heavy atom. The van der Waals surface area contributed by atoms with Gasteiger partial charge >= 0.3 is 0 Å². The summed E-state index contributed by atoms with van der Waals surface area (Å²) in [7, 11) is 0. The fourth-order valence-electron chi connectivity index (χ4n) is 2.34. The van der Waals surface area contributed by atoms with Gasteiger partial charge in [0.2, 0.25) is 5.88 Å². The van der Waals surface area contributed by atoms with E-state index < -0.39 is 0 Å². The van der Waals surface area contributed by atoms with Crippen LogP contribution in [0.1, 0.15) is 23.2 Å². The highest BCUT2D eigenvalue weighted by atomic mass is 79.9. The lowest BCUT2D eigenvalue weighted by Gasteiger charge is -2.12. The number of para-hydroxylation sites is 1. The second kappa shape index (κ2) is 5.50. The van der Waals surface area contributed by atoms with Crippen LogP contribution in [0, 0.1) is 0 Å². The zero-order valence-corrected chi connectivity index (χ0v) is 13.1. The molecular weight excluding hydrogens is 336 g/mol. The molecule has 1 aromatic heterocycles. The molecule has 20 heavy (non-hydrogen) atoms. The normalized spacial score (nSPS) is 13.1. The number of ether oxygens (including phenoxy) is 1.